The van der Waals surface area contributed by atoms with Crippen molar-refractivity contribution < 1.29 is 9.26 Å². The molecule has 1 spiro atoms. The number of fused-ring (bicyclic) bond motifs is 1. The van der Waals surface area contributed by atoms with Crippen molar-refractivity contribution in [3.63, 3.8) is 0 Å². The van der Waals surface area contributed by atoms with Gasteiger partial charge in [0.05, 0.1) is 18.2 Å². The highest BCUT2D eigenvalue weighted by molar-refractivity contribution is 6.33. The van der Waals surface area contributed by atoms with Gasteiger partial charge in [0.15, 0.2) is 0 Å². The van der Waals surface area contributed by atoms with Crippen molar-refractivity contribution in [2.24, 2.45) is 4.99 Å². The molecular weight excluding hydrogens is 514 g/mol. The molecule has 1 N–H and O–H groups in total. The summed E-state index contributed by atoms with van der Waals surface area (Å²) in [6.07, 6.45) is 9.62. The van der Waals surface area contributed by atoms with E-state index in [-0.39, 0.29) is 17.2 Å². The third-order valence-electron chi connectivity index (χ3n) is 8.26. The second kappa shape index (κ2) is 10.4. The number of aromatic nitrogens is 3. The van der Waals surface area contributed by atoms with Gasteiger partial charge in [-0.3, -0.25) is 9.36 Å². The predicted molar refractivity (Wildman–Crippen MR) is 151 cm³/mol. The van der Waals surface area contributed by atoms with Gasteiger partial charge in [-0.2, -0.15) is 4.98 Å². The third-order valence-corrected chi connectivity index (χ3v) is 8.58. The SMILES string of the molecule is CCC1=C(NC2COC3(CCCC3)C2)N=c2c(cc(-c3ccc(-c4noc(C)n4)cc3Cl)c(=O)n2CC)=CC1. The summed E-state index contributed by atoms with van der Waals surface area (Å²) in [5, 5.41) is 9.07. The van der Waals surface area contributed by atoms with Crippen LogP contribution < -0.4 is 21.6 Å². The molecule has 204 valence electrons. The van der Waals surface area contributed by atoms with E-state index in [1.54, 1.807) is 17.6 Å². The lowest BCUT2D eigenvalue weighted by Crippen LogP contribution is -2.44. The fourth-order valence-electron chi connectivity index (χ4n) is 6.19. The molecule has 9 heteroatoms. The average Bonchev–Trinajstić information content (AvgIpc) is 3.65. The topological polar surface area (TPSA) is 94.5 Å². The van der Waals surface area contributed by atoms with Crippen molar-refractivity contribution in [2.45, 2.75) is 83.9 Å². The fraction of sp³-hybridized carbons (Fsp3) is 0.467. The number of hydrogen-bond donors (Lipinski definition) is 1. The molecule has 0 amide bonds. The molecule has 1 atom stereocenters. The monoisotopic (exact) mass is 547 g/mol. The van der Waals surface area contributed by atoms with E-state index < -0.39 is 0 Å². The molecule has 0 bridgehead atoms. The Kier molecular flexibility index (Phi) is 6.93. The summed E-state index contributed by atoms with van der Waals surface area (Å²) in [6.45, 7) is 7.06. The summed E-state index contributed by atoms with van der Waals surface area (Å²) >= 11 is 6.72. The molecule has 4 heterocycles. The Bertz CT molecular complexity index is 1630. The van der Waals surface area contributed by atoms with Gasteiger partial charge in [0.1, 0.15) is 11.3 Å². The lowest BCUT2D eigenvalue weighted by atomic mass is 9.96. The molecule has 1 aromatic carbocycles. The number of benzene rings is 1. The standard InChI is InChI=1S/C30H34ClN5O3/c1-4-19-8-9-21-14-24(23-11-10-20(15-25(23)31)27-32-18(3)39-35-27)29(37)36(5-2)28(21)34-26(19)33-22-16-30(38-17-22)12-6-7-13-30/h9-11,14-15,22,33H,4-8,12-13,16-17H2,1-3H3. The number of allylic oxidation sites excluding steroid dienone is 1. The van der Waals surface area contributed by atoms with E-state index in [1.807, 2.05) is 25.1 Å². The number of nitrogens with one attached hydrogen (secondary N) is 1. The summed E-state index contributed by atoms with van der Waals surface area (Å²) in [4.78, 5) is 23.2. The van der Waals surface area contributed by atoms with Gasteiger partial charge in [-0.25, -0.2) is 4.99 Å². The van der Waals surface area contributed by atoms with Crippen LogP contribution in [0.25, 0.3) is 28.6 Å². The molecule has 3 aromatic rings. The summed E-state index contributed by atoms with van der Waals surface area (Å²) in [5.74, 6) is 1.82. The maximum absolute atomic E-state index is 13.8. The van der Waals surface area contributed by atoms with Crippen LogP contribution in [0.1, 0.15) is 64.7 Å². The number of rotatable bonds is 6. The van der Waals surface area contributed by atoms with Crippen LogP contribution in [0.15, 0.2) is 50.0 Å². The Morgan fingerprint density at radius 2 is 2.00 bits per heavy atom. The lowest BCUT2D eigenvalue weighted by molar-refractivity contribution is 0.00997. The number of aryl methyl sites for hydroxylation is 1. The minimum absolute atomic E-state index is 0.0389. The molecule has 39 heavy (non-hydrogen) atoms. The minimum atomic E-state index is -0.119. The van der Waals surface area contributed by atoms with E-state index in [9.17, 15) is 4.79 Å². The van der Waals surface area contributed by atoms with Gasteiger partial charge < -0.3 is 14.6 Å². The molecular formula is C30H34ClN5O3. The van der Waals surface area contributed by atoms with Crippen molar-refractivity contribution in [3.8, 4) is 22.5 Å². The molecule has 6 rings (SSSR count). The first-order chi connectivity index (χ1) is 18.9. The van der Waals surface area contributed by atoms with Gasteiger partial charge >= 0.3 is 0 Å². The Labute approximate surface area is 232 Å². The van der Waals surface area contributed by atoms with Crippen LogP contribution in [-0.4, -0.2) is 33.0 Å². The van der Waals surface area contributed by atoms with Crippen LogP contribution in [-0.2, 0) is 11.3 Å². The Morgan fingerprint density at radius 3 is 2.69 bits per heavy atom. The van der Waals surface area contributed by atoms with Crippen molar-refractivity contribution in [2.75, 3.05) is 6.61 Å². The minimum Gasteiger partial charge on any atom is -0.373 e. The molecule has 0 radical (unpaired) electrons. The summed E-state index contributed by atoms with van der Waals surface area (Å²) in [5.41, 5.74) is 3.78. The summed E-state index contributed by atoms with van der Waals surface area (Å²) in [7, 11) is 0. The molecule has 2 aliphatic heterocycles. The zero-order valence-electron chi connectivity index (χ0n) is 22.7. The quantitative estimate of drug-likeness (QED) is 0.482. The number of nitrogens with zero attached hydrogens (tertiary/aromatic N) is 4. The van der Waals surface area contributed by atoms with Crippen molar-refractivity contribution in [1.29, 1.82) is 0 Å². The van der Waals surface area contributed by atoms with E-state index in [1.165, 1.54) is 18.4 Å². The number of pyridine rings is 1. The van der Waals surface area contributed by atoms with Crippen LogP contribution in [0, 0.1) is 6.92 Å². The first-order valence-electron chi connectivity index (χ1n) is 14.0. The average molecular weight is 548 g/mol. The van der Waals surface area contributed by atoms with Gasteiger partial charge in [-0.1, -0.05) is 54.7 Å². The highest BCUT2D eigenvalue weighted by atomic mass is 35.5. The molecule has 1 saturated carbocycles. The van der Waals surface area contributed by atoms with Gasteiger partial charge in [0.25, 0.3) is 5.56 Å². The van der Waals surface area contributed by atoms with Crippen molar-refractivity contribution >= 4 is 17.7 Å². The lowest BCUT2D eigenvalue weighted by Gasteiger charge is -2.22. The second-order valence-corrected chi connectivity index (χ2v) is 11.2. The highest BCUT2D eigenvalue weighted by Gasteiger charge is 2.42. The third kappa shape index (κ3) is 4.85. The Hall–Kier alpha value is -3.23. The van der Waals surface area contributed by atoms with Crippen LogP contribution in [0.5, 0.6) is 0 Å². The largest absolute Gasteiger partial charge is 0.373 e. The van der Waals surface area contributed by atoms with E-state index in [0.29, 0.717) is 46.5 Å². The number of halogens is 1. The van der Waals surface area contributed by atoms with Crippen molar-refractivity contribution in [1.82, 2.24) is 20.0 Å². The zero-order chi connectivity index (χ0) is 27.1. The van der Waals surface area contributed by atoms with E-state index in [0.717, 1.165) is 48.7 Å². The van der Waals surface area contributed by atoms with Gasteiger partial charge in [-0.15, -0.1) is 0 Å². The van der Waals surface area contributed by atoms with Crippen LogP contribution in [0.3, 0.4) is 0 Å². The molecule has 8 nitrogen and oxygen atoms in total. The maximum Gasteiger partial charge on any atom is 0.260 e. The first kappa shape index (κ1) is 26.0. The van der Waals surface area contributed by atoms with Gasteiger partial charge in [0.2, 0.25) is 11.7 Å². The molecule has 1 saturated heterocycles. The Morgan fingerprint density at radius 1 is 1.18 bits per heavy atom. The first-order valence-corrected chi connectivity index (χ1v) is 14.3. The molecule has 3 aliphatic rings. The van der Waals surface area contributed by atoms with Crippen LogP contribution in [0.2, 0.25) is 5.02 Å². The molecule has 1 unspecified atom stereocenters. The fourth-order valence-corrected chi connectivity index (χ4v) is 6.47. The normalized spacial score (nSPS) is 20.1. The number of hydrogen-bond acceptors (Lipinski definition) is 7. The maximum atomic E-state index is 13.8. The predicted octanol–water partition coefficient (Wildman–Crippen LogP) is 4.66. The van der Waals surface area contributed by atoms with Crippen molar-refractivity contribution in [3.05, 3.63) is 67.6 Å². The van der Waals surface area contributed by atoms with Crippen LogP contribution >= 0.6 is 11.6 Å². The smallest absolute Gasteiger partial charge is 0.260 e. The number of ether oxygens (including phenoxy) is 1. The van der Waals surface area contributed by atoms with Gasteiger partial charge in [0, 0.05) is 40.4 Å². The molecule has 2 aromatic heterocycles. The van der Waals surface area contributed by atoms with Crippen LogP contribution in [0.4, 0.5) is 0 Å². The summed E-state index contributed by atoms with van der Waals surface area (Å²) < 4.78 is 13.1. The Balaban J connectivity index is 1.39. The zero-order valence-corrected chi connectivity index (χ0v) is 23.5. The second-order valence-electron chi connectivity index (χ2n) is 10.8. The van der Waals surface area contributed by atoms with Gasteiger partial charge in [-0.05, 0) is 56.7 Å². The molecule has 2 fully saturated rings. The summed E-state index contributed by atoms with van der Waals surface area (Å²) in [6, 6.07) is 7.64. The van der Waals surface area contributed by atoms with E-state index in [4.69, 9.17) is 25.9 Å². The van der Waals surface area contributed by atoms with E-state index >= 15 is 0 Å². The van der Waals surface area contributed by atoms with E-state index in [2.05, 4.69) is 28.5 Å². The highest BCUT2D eigenvalue weighted by Crippen LogP contribution is 2.41. The molecule has 1 aliphatic carbocycles.